The Labute approximate surface area is 215 Å². The highest BCUT2D eigenvalue weighted by molar-refractivity contribution is 6.04. The van der Waals surface area contributed by atoms with E-state index in [1.165, 1.54) is 24.3 Å². The Hall–Kier alpha value is -4.18. The number of carbonyl (C=O) groups excluding carboxylic acids is 1. The van der Waals surface area contributed by atoms with Gasteiger partial charge in [0, 0.05) is 47.2 Å². The van der Waals surface area contributed by atoms with Crippen molar-refractivity contribution in [3.05, 3.63) is 95.4 Å². The number of alkyl halides is 3. The molecule has 5 rings (SSSR count). The number of ether oxygens (including phenoxy) is 2. The number of fused-ring (bicyclic) bond motifs is 1. The number of anilines is 2. The molecule has 3 aromatic carbocycles. The monoisotopic (exact) mass is 525 g/mol. The van der Waals surface area contributed by atoms with Gasteiger partial charge in [0.05, 0.1) is 24.3 Å². The van der Waals surface area contributed by atoms with E-state index in [0.717, 1.165) is 23.0 Å². The molecular weight excluding hydrogens is 502 g/mol. The minimum atomic E-state index is -4.62. The zero-order valence-corrected chi connectivity index (χ0v) is 20.1. The van der Waals surface area contributed by atoms with Crippen LogP contribution >= 0.6 is 0 Å². The maximum atomic E-state index is 14.4. The molecule has 2 heterocycles. The zero-order valence-electron chi connectivity index (χ0n) is 20.1. The molecule has 0 aliphatic carbocycles. The van der Waals surface area contributed by atoms with Crippen molar-refractivity contribution in [3.63, 3.8) is 0 Å². The standard InChI is InChI=1S/C28H23F4N3O3/c29-23-7-5-20(14-26(23)38-17-18-13-19-3-1-2-4-24(19)33-16-18)27(36)34-21-6-8-25(22(15-21)28(30,31)32)35-9-11-37-12-10-35/h1-8,13-16H,9-12,17H2,(H,34,36). The van der Waals surface area contributed by atoms with Crippen LogP contribution in [0.5, 0.6) is 5.75 Å². The first kappa shape index (κ1) is 25.5. The molecule has 0 unspecified atom stereocenters. The normalized spacial score (nSPS) is 13.9. The topological polar surface area (TPSA) is 63.7 Å². The van der Waals surface area contributed by atoms with E-state index in [1.807, 2.05) is 30.3 Å². The van der Waals surface area contributed by atoms with Crippen molar-refractivity contribution < 1.29 is 31.8 Å². The van der Waals surface area contributed by atoms with E-state index in [-0.39, 0.29) is 29.3 Å². The molecule has 1 fully saturated rings. The molecule has 1 amide bonds. The highest BCUT2D eigenvalue weighted by atomic mass is 19.4. The van der Waals surface area contributed by atoms with Gasteiger partial charge in [0.2, 0.25) is 0 Å². The van der Waals surface area contributed by atoms with E-state index in [1.54, 1.807) is 11.1 Å². The van der Waals surface area contributed by atoms with Crippen LogP contribution in [0.4, 0.5) is 28.9 Å². The number of nitrogens with zero attached hydrogens (tertiary/aromatic N) is 2. The molecule has 0 spiro atoms. The molecule has 10 heteroatoms. The number of aromatic nitrogens is 1. The third-order valence-corrected chi connectivity index (χ3v) is 6.15. The van der Waals surface area contributed by atoms with Crippen LogP contribution in [0.1, 0.15) is 21.5 Å². The minimum Gasteiger partial charge on any atom is -0.486 e. The largest absolute Gasteiger partial charge is 0.486 e. The summed E-state index contributed by atoms with van der Waals surface area (Å²) < 4.78 is 66.7. The Morgan fingerprint density at radius 1 is 1.03 bits per heavy atom. The molecule has 0 radical (unpaired) electrons. The summed E-state index contributed by atoms with van der Waals surface area (Å²) in [6.45, 7) is 1.35. The van der Waals surface area contributed by atoms with E-state index in [0.29, 0.717) is 31.9 Å². The molecular formula is C28H23F4N3O3. The summed E-state index contributed by atoms with van der Waals surface area (Å²) in [5.74, 6) is -1.54. The fourth-order valence-corrected chi connectivity index (χ4v) is 4.24. The lowest BCUT2D eigenvalue weighted by atomic mass is 10.1. The van der Waals surface area contributed by atoms with Gasteiger partial charge >= 0.3 is 6.18 Å². The molecule has 1 N–H and O–H groups in total. The van der Waals surface area contributed by atoms with Crippen molar-refractivity contribution >= 4 is 28.2 Å². The van der Waals surface area contributed by atoms with Crippen molar-refractivity contribution in [3.8, 4) is 5.75 Å². The molecule has 6 nitrogen and oxygen atoms in total. The maximum Gasteiger partial charge on any atom is 0.418 e. The first-order valence-corrected chi connectivity index (χ1v) is 11.9. The highest BCUT2D eigenvalue weighted by Crippen LogP contribution is 2.38. The maximum absolute atomic E-state index is 14.4. The molecule has 0 bridgehead atoms. The highest BCUT2D eigenvalue weighted by Gasteiger charge is 2.35. The van der Waals surface area contributed by atoms with Crippen molar-refractivity contribution in [2.24, 2.45) is 0 Å². The number of hydrogen-bond donors (Lipinski definition) is 1. The second kappa shape index (κ2) is 10.7. The fraction of sp³-hybridized carbons (Fsp3) is 0.214. The van der Waals surface area contributed by atoms with Gasteiger partial charge in [0.25, 0.3) is 5.91 Å². The average Bonchev–Trinajstić information content (AvgIpc) is 2.92. The number of carbonyl (C=O) groups is 1. The van der Waals surface area contributed by atoms with Crippen LogP contribution in [0.15, 0.2) is 72.9 Å². The van der Waals surface area contributed by atoms with Gasteiger partial charge in [-0.3, -0.25) is 9.78 Å². The number of rotatable bonds is 6. The summed E-state index contributed by atoms with van der Waals surface area (Å²) in [5, 5.41) is 3.37. The molecule has 4 aromatic rings. The Kier molecular flexibility index (Phi) is 7.15. The van der Waals surface area contributed by atoms with Gasteiger partial charge in [-0.25, -0.2) is 4.39 Å². The van der Waals surface area contributed by atoms with Crippen LogP contribution in [0.3, 0.4) is 0 Å². The molecule has 1 saturated heterocycles. The molecule has 1 aliphatic rings. The minimum absolute atomic E-state index is 0.0117. The second-order valence-corrected chi connectivity index (χ2v) is 8.75. The lowest BCUT2D eigenvalue weighted by Crippen LogP contribution is -2.37. The second-order valence-electron chi connectivity index (χ2n) is 8.75. The van der Waals surface area contributed by atoms with Crippen molar-refractivity contribution in [2.45, 2.75) is 12.8 Å². The third-order valence-electron chi connectivity index (χ3n) is 6.15. The predicted octanol–water partition coefficient (Wildman–Crippen LogP) is 6.06. The van der Waals surface area contributed by atoms with Crippen molar-refractivity contribution in [1.29, 1.82) is 0 Å². The van der Waals surface area contributed by atoms with E-state index in [4.69, 9.17) is 9.47 Å². The summed E-state index contributed by atoms with van der Waals surface area (Å²) in [6.07, 6.45) is -3.00. The molecule has 0 saturated carbocycles. The zero-order chi connectivity index (χ0) is 26.7. The number of pyridine rings is 1. The van der Waals surface area contributed by atoms with E-state index < -0.39 is 23.5 Å². The van der Waals surface area contributed by atoms with Crippen LogP contribution in [0, 0.1) is 5.82 Å². The Morgan fingerprint density at radius 2 is 1.82 bits per heavy atom. The molecule has 0 atom stereocenters. The van der Waals surface area contributed by atoms with Crippen LogP contribution < -0.4 is 15.0 Å². The lowest BCUT2D eigenvalue weighted by Gasteiger charge is -2.31. The lowest BCUT2D eigenvalue weighted by molar-refractivity contribution is -0.137. The van der Waals surface area contributed by atoms with Gasteiger partial charge in [0.15, 0.2) is 11.6 Å². The van der Waals surface area contributed by atoms with Gasteiger partial charge in [-0.1, -0.05) is 18.2 Å². The van der Waals surface area contributed by atoms with E-state index in [2.05, 4.69) is 10.3 Å². The van der Waals surface area contributed by atoms with Gasteiger partial charge < -0.3 is 19.7 Å². The number of benzene rings is 3. The Morgan fingerprint density at radius 3 is 2.61 bits per heavy atom. The fourth-order valence-electron chi connectivity index (χ4n) is 4.24. The number of nitrogens with one attached hydrogen (secondary N) is 1. The van der Waals surface area contributed by atoms with Crippen molar-refractivity contribution in [2.75, 3.05) is 36.5 Å². The molecule has 38 heavy (non-hydrogen) atoms. The number of amides is 1. The number of halogens is 4. The quantitative estimate of drug-likeness (QED) is 0.310. The molecule has 1 aliphatic heterocycles. The smallest absolute Gasteiger partial charge is 0.418 e. The van der Waals surface area contributed by atoms with Gasteiger partial charge in [-0.05, 0) is 48.5 Å². The first-order valence-electron chi connectivity index (χ1n) is 11.9. The third kappa shape index (κ3) is 5.70. The van der Waals surface area contributed by atoms with E-state index in [9.17, 15) is 22.4 Å². The number of hydrogen-bond acceptors (Lipinski definition) is 5. The van der Waals surface area contributed by atoms with Crippen molar-refractivity contribution in [1.82, 2.24) is 4.98 Å². The van der Waals surface area contributed by atoms with Crippen LogP contribution in [0.25, 0.3) is 10.9 Å². The Bertz CT molecular complexity index is 1470. The Balaban J connectivity index is 1.32. The van der Waals surface area contributed by atoms with Gasteiger partial charge in [0.1, 0.15) is 6.61 Å². The average molecular weight is 526 g/mol. The SMILES string of the molecule is O=C(Nc1ccc(N2CCOCC2)c(C(F)(F)F)c1)c1ccc(F)c(OCc2cnc3ccccc3c2)c1. The van der Waals surface area contributed by atoms with Gasteiger partial charge in [-0.15, -0.1) is 0 Å². The first-order chi connectivity index (χ1) is 18.3. The predicted molar refractivity (Wildman–Crippen MR) is 135 cm³/mol. The molecule has 1 aromatic heterocycles. The number of para-hydroxylation sites is 1. The molecule has 196 valence electrons. The number of morpholine rings is 1. The summed E-state index contributed by atoms with van der Waals surface area (Å²) in [4.78, 5) is 18.8. The van der Waals surface area contributed by atoms with Crippen LogP contribution in [-0.2, 0) is 17.5 Å². The summed E-state index contributed by atoms with van der Waals surface area (Å²) in [7, 11) is 0. The summed E-state index contributed by atoms with van der Waals surface area (Å²) in [5.41, 5.74) is 0.687. The van der Waals surface area contributed by atoms with Gasteiger partial charge in [-0.2, -0.15) is 13.2 Å². The summed E-state index contributed by atoms with van der Waals surface area (Å²) in [6, 6.07) is 16.6. The van der Waals surface area contributed by atoms with Crippen LogP contribution in [0.2, 0.25) is 0 Å². The summed E-state index contributed by atoms with van der Waals surface area (Å²) >= 11 is 0. The van der Waals surface area contributed by atoms with E-state index >= 15 is 0 Å². The van der Waals surface area contributed by atoms with Crippen LogP contribution in [-0.4, -0.2) is 37.2 Å².